The van der Waals surface area contributed by atoms with E-state index in [1.807, 2.05) is 0 Å². The summed E-state index contributed by atoms with van der Waals surface area (Å²) >= 11 is 0. The Kier molecular flexibility index (Phi) is 7.05. The Bertz CT molecular complexity index is 888. The van der Waals surface area contributed by atoms with Gasteiger partial charge in [-0.05, 0) is 42.5 Å². The number of aromatic hydroxyl groups is 3. The number of carbonyl (C=O) groups excluding carboxylic acids is 1. The molecule has 2 aromatic rings. The van der Waals surface area contributed by atoms with Crippen LogP contribution in [0.25, 0.3) is 10.8 Å². The van der Waals surface area contributed by atoms with Crippen molar-refractivity contribution < 1.29 is 24.9 Å². The van der Waals surface area contributed by atoms with Gasteiger partial charge in [-0.25, -0.2) is 4.79 Å². The molecule has 0 saturated heterocycles. The van der Waals surface area contributed by atoms with Crippen LogP contribution in [0.3, 0.4) is 0 Å². The molecule has 0 fully saturated rings. The third-order valence-corrected chi connectivity index (χ3v) is 4.52. The lowest BCUT2D eigenvalue weighted by Crippen LogP contribution is -2.06. The molecule has 146 valence electrons. The first-order valence-electron chi connectivity index (χ1n) is 9.26. The van der Waals surface area contributed by atoms with Crippen LogP contribution in [0, 0.1) is 6.92 Å². The highest BCUT2D eigenvalue weighted by Gasteiger charge is 2.17. The maximum absolute atomic E-state index is 12.3. The van der Waals surface area contributed by atoms with Crippen molar-refractivity contribution in [2.45, 2.75) is 52.4 Å². The van der Waals surface area contributed by atoms with Gasteiger partial charge in [0.2, 0.25) is 5.43 Å². The van der Waals surface area contributed by atoms with Gasteiger partial charge in [-0.15, -0.1) is 0 Å². The number of benzene rings is 1. The smallest absolute Gasteiger partial charge is 0.338 e. The maximum Gasteiger partial charge on any atom is 0.338 e. The number of esters is 1. The van der Waals surface area contributed by atoms with Crippen molar-refractivity contribution in [2.75, 3.05) is 6.61 Å². The minimum atomic E-state index is -0.868. The molecular weight excluding hydrogens is 348 g/mol. The number of phenols is 2. The van der Waals surface area contributed by atoms with Crippen molar-refractivity contribution >= 4 is 16.7 Å². The van der Waals surface area contributed by atoms with Gasteiger partial charge in [0, 0.05) is 0 Å². The summed E-state index contributed by atoms with van der Waals surface area (Å²) in [6, 6.07) is 3.86. The Morgan fingerprint density at radius 1 is 0.963 bits per heavy atom. The molecule has 0 aliphatic rings. The molecule has 0 radical (unpaired) electrons. The SMILES string of the molecule is CCCCCCCCOC(=O)c1cc(O)c(=O)c2c(O)c(O)c(C)cc2c1. The number of hydrogen-bond donors (Lipinski definition) is 3. The van der Waals surface area contributed by atoms with Gasteiger partial charge >= 0.3 is 5.97 Å². The summed E-state index contributed by atoms with van der Waals surface area (Å²) in [6.07, 6.45) is 6.36. The molecule has 3 N–H and O–H groups in total. The molecule has 0 aromatic heterocycles. The number of aryl methyl sites for hydroxylation is 1. The molecule has 0 aliphatic heterocycles. The van der Waals surface area contributed by atoms with E-state index in [0.29, 0.717) is 5.56 Å². The molecule has 27 heavy (non-hydrogen) atoms. The summed E-state index contributed by atoms with van der Waals surface area (Å²) in [5.41, 5.74) is -0.515. The molecule has 0 spiro atoms. The first kappa shape index (κ1) is 20.6. The first-order valence-corrected chi connectivity index (χ1v) is 9.26. The van der Waals surface area contributed by atoms with Crippen molar-refractivity contribution in [1.82, 2.24) is 0 Å². The van der Waals surface area contributed by atoms with E-state index >= 15 is 0 Å². The molecule has 0 unspecified atom stereocenters. The Labute approximate surface area is 158 Å². The van der Waals surface area contributed by atoms with E-state index < -0.39 is 28.6 Å². The van der Waals surface area contributed by atoms with Gasteiger partial charge in [-0.3, -0.25) is 4.79 Å². The zero-order valence-electron chi connectivity index (χ0n) is 15.7. The number of rotatable bonds is 8. The van der Waals surface area contributed by atoms with Gasteiger partial charge in [0.25, 0.3) is 0 Å². The Hall–Kier alpha value is -2.76. The molecule has 0 saturated carbocycles. The summed E-state index contributed by atoms with van der Waals surface area (Å²) in [5.74, 6) is -2.40. The van der Waals surface area contributed by atoms with Crippen LogP contribution in [0.2, 0.25) is 0 Å². The summed E-state index contributed by atoms with van der Waals surface area (Å²) in [6.45, 7) is 3.97. The first-order chi connectivity index (χ1) is 12.9. The normalized spacial score (nSPS) is 10.9. The minimum Gasteiger partial charge on any atom is -0.504 e. The number of unbranched alkanes of at least 4 members (excludes halogenated alkanes) is 5. The molecule has 0 heterocycles. The summed E-state index contributed by atoms with van der Waals surface area (Å²) in [4.78, 5) is 24.6. The molecule has 0 atom stereocenters. The zero-order valence-corrected chi connectivity index (χ0v) is 15.7. The van der Waals surface area contributed by atoms with Crippen molar-refractivity contribution in [3.8, 4) is 17.2 Å². The average molecular weight is 374 g/mol. The molecule has 2 aromatic carbocycles. The van der Waals surface area contributed by atoms with Crippen molar-refractivity contribution in [1.29, 1.82) is 0 Å². The summed E-state index contributed by atoms with van der Waals surface area (Å²) in [7, 11) is 0. The highest BCUT2D eigenvalue weighted by Crippen LogP contribution is 2.35. The molecule has 6 heteroatoms. The fourth-order valence-corrected chi connectivity index (χ4v) is 2.97. The predicted molar refractivity (Wildman–Crippen MR) is 104 cm³/mol. The van der Waals surface area contributed by atoms with Crippen molar-refractivity contribution in [2.24, 2.45) is 0 Å². The fourth-order valence-electron chi connectivity index (χ4n) is 2.97. The lowest BCUT2D eigenvalue weighted by molar-refractivity contribution is 0.0497. The molecule has 0 amide bonds. The van der Waals surface area contributed by atoms with Crippen LogP contribution in [0.5, 0.6) is 17.2 Å². The topological polar surface area (TPSA) is 104 Å². The third-order valence-electron chi connectivity index (χ3n) is 4.52. The summed E-state index contributed by atoms with van der Waals surface area (Å²) in [5, 5.41) is 29.9. The Morgan fingerprint density at radius 2 is 1.63 bits per heavy atom. The number of ether oxygens (including phenoxy) is 1. The molecule has 6 nitrogen and oxygen atoms in total. The van der Waals surface area contributed by atoms with E-state index in [1.165, 1.54) is 31.4 Å². The van der Waals surface area contributed by atoms with Gasteiger partial charge < -0.3 is 20.1 Å². The number of fused-ring (bicyclic) bond motifs is 1. The van der Waals surface area contributed by atoms with E-state index in [-0.39, 0.29) is 22.9 Å². The van der Waals surface area contributed by atoms with E-state index in [4.69, 9.17) is 4.74 Å². The van der Waals surface area contributed by atoms with Crippen LogP contribution in [0.1, 0.15) is 61.4 Å². The lowest BCUT2D eigenvalue weighted by atomic mass is 10.1. The maximum atomic E-state index is 12.3. The van der Waals surface area contributed by atoms with E-state index in [0.717, 1.165) is 25.3 Å². The largest absolute Gasteiger partial charge is 0.504 e. The van der Waals surface area contributed by atoms with Crippen LogP contribution < -0.4 is 5.43 Å². The molecule has 0 bridgehead atoms. The lowest BCUT2D eigenvalue weighted by Gasteiger charge is -2.05. The van der Waals surface area contributed by atoms with E-state index in [1.54, 1.807) is 6.92 Å². The predicted octanol–water partition coefficient (Wildman–Crippen LogP) is 4.14. The van der Waals surface area contributed by atoms with Gasteiger partial charge in [0.05, 0.1) is 17.6 Å². The number of carbonyl (C=O) groups is 1. The van der Waals surface area contributed by atoms with Crippen LogP contribution in [0.4, 0.5) is 0 Å². The second-order valence-corrected chi connectivity index (χ2v) is 6.72. The number of hydrogen-bond acceptors (Lipinski definition) is 6. The summed E-state index contributed by atoms with van der Waals surface area (Å²) < 4.78 is 5.24. The highest BCUT2D eigenvalue weighted by atomic mass is 16.5. The fraction of sp³-hybridized carbons (Fsp3) is 0.429. The van der Waals surface area contributed by atoms with Gasteiger partial charge in [0.1, 0.15) is 0 Å². The van der Waals surface area contributed by atoms with Crippen molar-refractivity contribution in [3.05, 3.63) is 39.5 Å². The van der Waals surface area contributed by atoms with Crippen LogP contribution in [0.15, 0.2) is 23.0 Å². The van der Waals surface area contributed by atoms with Crippen molar-refractivity contribution in [3.63, 3.8) is 0 Å². The quantitative estimate of drug-likeness (QED) is 0.364. The van der Waals surface area contributed by atoms with Crippen LogP contribution in [-0.2, 0) is 4.74 Å². The second-order valence-electron chi connectivity index (χ2n) is 6.72. The van der Waals surface area contributed by atoms with E-state index in [9.17, 15) is 24.9 Å². The van der Waals surface area contributed by atoms with Gasteiger partial charge in [0.15, 0.2) is 17.2 Å². The van der Waals surface area contributed by atoms with Crippen LogP contribution in [-0.4, -0.2) is 27.9 Å². The van der Waals surface area contributed by atoms with Gasteiger partial charge in [-0.1, -0.05) is 39.0 Å². The number of phenolic OH excluding ortho intramolecular Hbond substituents is 2. The Morgan fingerprint density at radius 3 is 2.33 bits per heavy atom. The average Bonchev–Trinajstić information content (AvgIpc) is 2.76. The van der Waals surface area contributed by atoms with E-state index in [2.05, 4.69) is 6.92 Å². The second kappa shape index (κ2) is 9.26. The molecule has 0 aliphatic carbocycles. The molecular formula is C21H26O6. The molecule has 2 rings (SSSR count). The minimum absolute atomic E-state index is 0.00933. The van der Waals surface area contributed by atoms with Gasteiger partial charge in [-0.2, -0.15) is 0 Å². The third kappa shape index (κ3) is 4.90. The monoisotopic (exact) mass is 374 g/mol. The highest BCUT2D eigenvalue weighted by molar-refractivity contribution is 5.97. The van der Waals surface area contributed by atoms with Crippen LogP contribution >= 0.6 is 0 Å². The Balaban J connectivity index is 2.22. The zero-order chi connectivity index (χ0) is 20.0. The standard InChI is InChI=1S/C21H26O6/c1-3-4-5-6-7-8-9-27-21(26)15-11-14-10-13(2)18(23)20(25)17(14)19(24)16(22)12-15/h10-12,23,25H,3-9H2,1-2H3,(H,22,24).